The topological polar surface area (TPSA) is 61.9 Å². The molecule has 1 saturated heterocycles. The number of anilines is 1. The van der Waals surface area contributed by atoms with Gasteiger partial charge in [0.25, 0.3) is 0 Å². The molecule has 0 unspecified atom stereocenters. The molecule has 1 fully saturated rings. The quantitative estimate of drug-likeness (QED) is 0.586. The number of thiophene rings is 1. The summed E-state index contributed by atoms with van der Waals surface area (Å²) in [5.74, 6) is -0.341. The van der Waals surface area contributed by atoms with Gasteiger partial charge in [0.1, 0.15) is 9.32 Å². The number of rotatable bonds is 5. The summed E-state index contributed by atoms with van der Waals surface area (Å²) in [4.78, 5) is 29.9. The molecule has 1 aliphatic rings. The standard InChI is InChI=1S/C17H25N3O3S3/c1-5-23-16(22)14-11(2)12(3)26-15(14)18-13(21)10-25-17(24)20-8-6-19(4)7-9-20/h5-10H2,1-4H3,(H,18,21). The van der Waals surface area contributed by atoms with E-state index in [-0.39, 0.29) is 11.7 Å². The van der Waals surface area contributed by atoms with Gasteiger partial charge < -0.3 is 19.9 Å². The number of ether oxygens (including phenoxy) is 1. The summed E-state index contributed by atoms with van der Waals surface area (Å²) in [7, 11) is 2.09. The Bertz CT molecular complexity index is 682. The number of carbonyl (C=O) groups is 2. The van der Waals surface area contributed by atoms with Crippen molar-refractivity contribution in [2.24, 2.45) is 0 Å². The van der Waals surface area contributed by atoms with E-state index in [1.54, 1.807) is 6.92 Å². The van der Waals surface area contributed by atoms with Crippen LogP contribution in [0.1, 0.15) is 27.7 Å². The number of hydrogen-bond donors (Lipinski definition) is 1. The minimum Gasteiger partial charge on any atom is -0.462 e. The van der Waals surface area contributed by atoms with Crippen LogP contribution in [-0.2, 0) is 9.53 Å². The summed E-state index contributed by atoms with van der Waals surface area (Å²) >= 11 is 8.20. The highest BCUT2D eigenvalue weighted by atomic mass is 32.2. The first-order chi connectivity index (χ1) is 12.3. The molecule has 1 aromatic rings. The van der Waals surface area contributed by atoms with E-state index in [9.17, 15) is 9.59 Å². The second-order valence-electron chi connectivity index (χ2n) is 6.10. The molecule has 0 spiro atoms. The van der Waals surface area contributed by atoms with Crippen molar-refractivity contribution in [3.8, 4) is 0 Å². The average molecular weight is 416 g/mol. The molecule has 6 nitrogen and oxygen atoms in total. The number of nitrogens with zero attached hydrogens (tertiary/aromatic N) is 2. The first kappa shape index (κ1) is 21.1. The Morgan fingerprint density at radius 3 is 2.54 bits per heavy atom. The van der Waals surface area contributed by atoms with Crippen molar-refractivity contribution in [3.63, 3.8) is 0 Å². The van der Waals surface area contributed by atoms with E-state index >= 15 is 0 Å². The van der Waals surface area contributed by atoms with Crippen molar-refractivity contribution in [2.75, 3.05) is 50.9 Å². The molecule has 2 rings (SSSR count). The zero-order chi connectivity index (χ0) is 19.3. The summed E-state index contributed by atoms with van der Waals surface area (Å²) < 4.78 is 5.86. The third-order valence-corrected chi connectivity index (χ3v) is 6.85. The maximum atomic E-state index is 12.3. The maximum absolute atomic E-state index is 12.3. The van der Waals surface area contributed by atoms with E-state index in [1.165, 1.54) is 23.1 Å². The molecule has 26 heavy (non-hydrogen) atoms. The minimum absolute atomic E-state index is 0.168. The highest BCUT2D eigenvalue weighted by Gasteiger charge is 2.23. The molecule has 0 aromatic carbocycles. The minimum atomic E-state index is -0.398. The van der Waals surface area contributed by atoms with Crippen molar-refractivity contribution < 1.29 is 14.3 Å². The highest BCUT2D eigenvalue weighted by molar-refractivity contribution is 8.23. The molecule has 9 heteroatoms. The van der Waals surface area contributed by atoms with E-state index < -0.39 is 5.97 Å². The first-order valence-corrected chi connectivity index (χ1v) is 10.7. The van der Waals surface area contributed by atoms with Crippen LogP contribution in [0.5, 0.6) is 0 Å². The number of aryl methyl sites for hydroxylation is 1. The second-order valence-corrected chi connectivity index (χ2v) is 8.93. The van der Waals surface area contributed by atoms with E-state index in [1.807, 2.05) is 13.8 Å². The molecule has 1 N–H and O–H groups in total. The van der Waals surface area contributed by atoms with Crippen molar-refractivity contribution in [1.82, 2.24) is 9.80 Å². The third-order valence-electron chi connectivity index (χ3n) is 4.21. The zero-order valence-corrected chi connectivity index (χ0v) is 18.0. The number of carbonyl (C=O) groups excluding carboxylic acids is 2. The van der Waals surface area contributed by atoms with Gasteiger partial charge in [0.2, 0.25) is 5.91 Å². The van der Waals surface area contributed by atoms with Gasteiger partial charge in [0, 0.05) is 31.1 Å². The summed E-state index contributed by atoms with van der Waals surface area (Å²) in [5.41, 5.74) is 1.30. The van der Waals surface area contributed by atoms with Crippen LogP contribution in [0.25, 0.3) is 0 Å². The largest absolute Gasteiger partial charge is 0.462 e. The Labute approximate surface area is 168 Å². The fourth-order valence-corrected chi connectivity index (χ4v) is 4.65. The van der Waals surface area contributed by atoms with Crippen LogP contribution in [0.15, 0.2) is 0 Å². The fourth-order valence-electron chi connectivity index (χ4n) is 2.53. The van der Waals surface area contributed by atoms with E-state index in [0.717, 1.165) is 40.9 Å². The fraction of sp³-hybridized carbons (Fsp3) is 0.588. The number of hydrogen-bond acceptors (Lipinski definition) is 7. The number of likely N-dealkylation sites (N-methyl/N-ethyl adjacent to an activating group) is 1. The Hall–Kier alpha value is -1.16. The van der Waals surface area contributed by atoms with Crippen molar-refractivity contribution >= 4 is 56.5 Å². The Morgan fingerprint density at radius 1 is 1.27 bits per heavy atom. The lowest BCUT2D eigenvalue weighted by molar-refractivity contribution is -0.113. The number of thioether (sulfide) groups is 1. The van der Waals surface area contributed by atoms with Crippen LogP contribution in [-0.4, -0.2) is 71.6 Å². The second kappa shape index (κ2) is 9.68. The molecule has 144 valence electrons. The van der Waals surface area contributed by atoms with Crippen molar-refractivity contribution in [1.29, 1.82) is 0 Å². The van der Waals surface area contributed by atoms with Crippen molar-refractivity contribution in [2.45, 2.75) is 20.8 Å². The zero-order valence-electron chi connectivity index (χ0n) is 15.6. The van der Waals surface area contributed by atoms with Crippen LogP contribution >= 0.6 is 35.3 Å². The summed E-state index contributed by atoms with van der Waals surface area (Å²) in [6.07, 6.45) is 0. The predicted molar refractivity (Wildman–Crippen MR) is 113 cm³/mol. The molecule has 0 bridgehead atoms. The molecule has 0 aliphatic carbocycles. The summed E-state index contributed by atoms with van der Waals surface area (Å²) in [6.45, 7) is 9.59. The Kier molecular flexibility index (Phi) is 7.87. The van der Waals surface area contributed by atoms with Crippen LogP contribution < -0.4 is 5.32 Å². The SMILES string of the molecule is CCOC(=O)c1c(NC(=O)CSC(=S)N2CCN(C)CC2)sc(C)c1C. The normalized spacial score (nSPS) is 15.0. The van der Waals surface area contributed by atoms with Crippen LogP contribution in [0.2, 0.25) is 0 Å². The van der Waals surface area contributed by atoms with E-state index in [0.29, 0.717) is 17.2 Å². The molecule has 0 radical (unpaired) electrons. The van der Waals surface area contributed by atoms with Gasteiger partial charge in [-0.05, 0) is 33.4 Å². The average Bonchev–Trinajstić information content (AvgIpc) is 2.87. The molecule has 2 heterocycles. The molecule has 1 aliphatic heterocycles. The number of nitrogens with one attached hydrogen (secondary N) is 1. The number of thiocarbonyl (C=S) groups is 1. The van der Waals surface area contributed by atoms with E-state index in [4.69, 9.17) is 17.0 Å². The monoisotopic (exact) mass is 415 g/mol. The predicted octanol–water partition coefficient (Wildman–Crippen LogP) is 2.75. The van der Waals surface area contributed by atoms with Gasteiger partial charge in [-0.3, -0.25) is 4.79 Å². The lowest BCUT2D eigenvalue weighted by Gasteiger charge is -2.33. The van der Waals surface area contributed by atoms with E-state index in [2.05, 4.69) is 22.2 Å². The van der Waals surface area contributed by atoms with Crippen LogP contribution in [0, 0.1) is 13.8 Å². The van der Waals surface area contributed by atoms with Crippen LogP contribution in [0.3, 0.4) is 0 Å². The smallest absolute Gasteiger partial charge is 0.341 e. The summed E-state index contributed by atoms with van der Waals surface area (Å²) in [5, 5.41) is 3.40. The number of piperazine rings is 1. The lowest BCUT2D eigenvalue weighted by Crippen LogP contribution is -2.46. The van der Waals surface area contributed by atoms with Crippen LogP contribution in [0.4, 0.5) is 5.00 Å². The molecular weight excluding hydrogens is 390 g/mol. The highest BCUT2D eigenvalue weighted by Crippen LogP contribution is 2.33. The van der Waals surface area contributed by atoms with Gasteiger partial charge >= 0.3 is 5.97 Å². The first-order valence-electron chi connectivity index (χ1n) is 8.50. The molecular formula is C17H25N3O3S3. The van der Waals surface area contributed by atoms with Gasteiger partial charge in [-0.15, -0.1) is 11.3 Å². The molecule has 1 aromatic heterocycles. The third kappa shape index (κ3) is 5.42. The Morgan fingerprint density at radius 2 is 1.92 bits per heavy atom. The number of amides is 1. The summed E-state index contributed by atoms with van der Waals surface area (Å²) in [6, 6.07) is 0. The van der Waals surface area contributed by atoms with Crippen molar-refractivity contribution in [3.05, 3.63) is 16.0 Å². The molecule has 0 saturated carbocycles. The number of esters is 1. The molecule has 1 amide bonds. The lowest BCUT2D eigenvalue weighted by atomic mass is 10.1. The Balaban J connectivity index is 1.92. The van der Waals surface area contributed by atoms with Gasteiger partial charge in [-0.1, -0.05) is 24.0 Å². The van der Waals surface area contributed by atoms with Gasteiger partial charge in [0.15, 0.2) is 0 Å². The molecule has 0 atom stereocenters. The van der Waals surface area contributed by atoms with Gasteiger partial charge in [-0.25, -0.2) is 4.79 Å². The van der Waals surface area contributed by atoms with Gasteiger partial charge in [0.05, 0.1) is 17.9 Å². The van der Waals surface area contributed by atoms with Gasteiger partial charge in [-0.2, -0.15) is 0 Å². The maximum Gasteiger partial charge on any atom is 0.341 e.